The second-order valence-electron chi connectivity index (χ2n) is 3.72. The number of halogens is 1. The third kappa shape index (κ3) is 3.57. The van der Waals surface area contributed by atoms with Gasteiger partial charge in [-0.15, -0.1) is 12.4 Å². The maximum atomic E-state index is 11.9. The zero-order chi connectivity index (χ0) is 10.8. The van der Waals surface area contributed by atoms with Gasteiger partial charge in [0.15, 0.2) is 0 Å². The number of nitrogens with zero attached hydrogens (tertiary/aromatic N) is 1. The molecule has 1 fully saturated rings. The molecule has 1 rings (SSSR count). The fraction of sp³-hybridized carbons (Fsp3) is 1.00. The van der Waals surface area contributed by atoms with Crippen molar-refractivity contribution in [3.63, 3.8) is 0 Å². The fourth-order valence-corrected chi connectivity index (χ4v) is 3.14. The molecule has 1 aliphatic rings. The molecule has 0 saturated carbocycles. The molecule has 0 spiro atoms. The van der Waals surface area contributed by atoms with Crippen molar-refractivity contribution in [2.75, 3.05) is 26.8 Å². The maximum absolute atomic E-state index is 11.9. The van der Waals surface area contributed by atoms with Gasteiger partial charge in [-0.3, -0.25) is 0 Å². The van der Waals surface area contributed by atoms with E-state index in [1.165, 1.54) is 11.4 Å². The van der Waals surface area contributed by atoms with Crippen LogP contribution in [0.3, 0.4) is 0 Å². The first kappa shape index (κ1) is 15.1. The average Bonchev–Trinajstić information content (AvgIpc) is 2.52. The summed E-state index contributed by atoms with van der Waals surface area (Å²) in [4.78, 5) is 0. The third-order valence-electron chi connectivity index (χ3n) is 2.46. The number of rotatable bonds is 4. The Balaban J connectivity index is 0.00000196. The molecule has 0 aromatic rings. The third-order valence-corrected chi connectivity index (χ3v) is 4.66. The predicted octanol–water partition coefficient (Wildman–Crippen LogP) is -0.194. The standard InChI is InChI=1S/C8H18N2O3S.ClH/c1-7(6-13-2)14(11,12)10-4-3-8(9)5-10;/h7-8H,3-6,9H2,1-2H3;1H/t7?,8-;/m0./s1. The Bertz CT molecular complexity index is 284. The van der Waals surface area contributed by atoms with Crippen LogP contribution < -0.4 is 5.73 Å². The molecule has 15 heavy (non-hydrogen) atoms. The van der Waals surface area contributed by atoms with E-state index in [1.54, 1.807) is 6.92 Å². The van der Waals surface area contributed by atoms with Crippen molar-refractivity contribution >= 4 is 22.4 Å². The van der Waals surface area contributed by atoms with Crippen molar-refractivity contribution in [1.82, 2.24) is 4.31 Å². The minimum absolute atomic E-state index is 0. The average molecular weight is 259 g/mol. The number of ether oxygens (including phenoxy) is 1. The van der Waals surface area contributed by atoms with Gasteiger partial charge in [0.25, 0.3) is 0 Å². The minimum atomic E-state index is -3.21. The number of methoxy groups -OCH3 is 1. The summed E-state index contributed by atoms with van der Waals surface area (Å²) >= 11 is 0. The van der Waals surface area contributed by atoms with E-state index in [-0.39, 0.29) is 25.1 Å². The molecule has 2 atom stereocenters. The molecule has 92 valence electrons. The van der Waals surface area contributed by atoms with Crippen LogP contribution in [0.5, 0.6) is 0 Å². The molecule has 5 nitrogen and oxygen atoms in total. The van der Waals surface area contributed by atoms with E-state index >= 15 is 0 Å². The van der Waals surface area contributed by atoms with Crippen molar-refractivity contribution in [3.05, 3.63) is 0 Å². The van der Waals surface area contributed by atoms with E-state index in [2.05, 4.69) is 0 Å². The second kappa shape index (κ2) is 6.00. The van der Waals surface area contributed by atoms with Crippen LogP contribution in [-0.2, 0) is 14.8 Å². The highest BCUT2D eigenvalue weighted by Gasteiger charge is 2.33. The van der Waals surface area contributed by atoms with Crippen LogP contribution in [0.2, 0.25) is 0 Å². The van der Waals surface area contributed by atoms with Crippen molar-refractivity contribution in [1.29, 1.82) is 0 Å². The first-order valence-electron chi connectivity index (χ1n) is 4.72. The normalized spacial score (nSPS) is 24.9. The van der Waals surface area contributed by atoms with Gasteiger partial charge in [-0.25, -0.2) is 12.7 Å². The SMILES string of the molecule is COCC(C)S(=O)(=O)N1CC[C@H](N)C1.Cl. The zero-order valence-electron chi connectivity index (χ0n) is 9.05. The highest BCUT2D eigenvalue weighted by atomic mass is 35.5. The molecule has 0 aliphatic carbocycles. The van der Waals surface area contributed by atoms with Gasteiger partial charge in [0.1, 0.15) is 0 Å². The van der Waals surface area contributed by atoms with Gasteiger partial charge in [-0.2, -0.15) is 0 Å². The number of sulfonamides is 1. The van der Waals surface area contributed by atoms with Crippen LogP contribution in [0, 0.1) is 0 Å². The molecule has 1 aliphatic heterocycles. The lowest BCUT2D eigenvalue weighted by atomic mass is 10.3. The van der Waals surface area contributed by atoms with Crippen molar-refractivity contribution in [2.24, 2.45) is 5.73 Å². The van der Waals surface area contributed by atoms with Gasteiger partial charge in [0, 0.05) is 26.2 Å². The predicted molar refractivity (Wildman–Crippen MR) is 61.7 cm³/mol. The fourth-order valence-electron chi connectivity index (χ4n) is 1.56. The van der Waals surface area contributed by atoms with Crippen molar-refractivity contribution < 1.29 is 13.2 Å². The van der Waals surface area contributed by atoms with Gasteiger partial charge < -0.3 is 10.5 Å². The highest BCUT2D eigenvalue weighted by Crippen LogP contribution is 2.16. The van der Waals surface area contributed by atoms with Crippen LogP contribution in [0.1, 0.15) is 13.3 Å². The van der Waals surface area contributed by atoms with E-state index in [0.29, 0.717) is 13.1 Å². The molecular formula is C8H19ClN2O3S. The number of hydrogen-bond acceptors (Lipinski definition) is 4. The highest BCUT2D eigenvalue weighted by molar-refractivity contribution is 7.89. The van der Waals surface area contributed by atoms with Crippen LogP contribution in [0.4, 0.5) is 0 Å². The lowest BCUT2D eigenvalue weighted by Crippen LogP contribution is -2.39. The molecule has 0 radical (unpaired) electrons. The van der Waals surface area contributed by atoms with E-state index in [4.69, 9.17) is 10.5 Å². The van der Waals surface area contributed by atoms with E-state index in [1.807, 2.05) is 0 Å². The molecule has 7 heteroatoms. The van der Waals surface area contributed by atoms with Gasteiger partial charge >= 0.3 is 0 Å². The Morgan fingerprint density at radius 3 is 2.60 bits per heavy atom. The van der Waals surface area contributed by atoms with E-state index < -0.39 is 15.3 Å². The van der Waals surface area contributed by atoms with E-state index in [0.717, 1.165) is 6.42 Å². The first-order chi connectivity index (χ1) is 6.48. The molecule has 0 aromatic carbocycles. The Morgan fingerprint density at radius 2 is 2.20 bits per heavy atom. The monoisotopic (exact) mass is 258 g/mol. The van der Waals surface area contributed by atoms with Gasteiger partial charge in [0.05, 0.1) is 11.9 Å². The summed E-state index contributed by atoms with van der Waals surface area (Å²) in [7, 11) is -1.70. The smallest absolute Gasteiger partial charge is 0.219 e. The molecule has 0 aromatic heterocycles. The van der Waals surface area contributed by atoms with Gasteiger partial charge in [-0.1, -0.05) is 0 Å². The number of hydrogen-bond donors (Lipinski definition) is 1. The molecule has 2 N–H and O–H groups in total. The lowest BCUT2D eigenvalue weighted by Gasteiger charge is -2.20. The van der Waals surface area contributed by atoms with Crippen LogP contribution in [0.15, 0.2) is 0 Å². The molecule has 1 heterocycles. The molecule has 0 bridgehead atoms. The van der Waals surface area contributed by atoms with Crippen LogP contribution in [0.25, 0.3) is 0 Å². The van der Waals surface area contributed by atoms with E-state index in [9.17, 15) is 8.42 Å². The Hall–Kier alpha value is 0.120. The summed E-state index contributed by atoms with van der Waals surface area (Å²) in [6.07, 6.45) is 0.749. The molecule has 1 unspecified atom stereocenters. The van der Waals surface area contributed by atoms with Gasteiger partial charge in [0.2, 0.25) is 10.0 Å². The maximum Gasteiger partial charge on any atom is 0.219 e. The molecular weight excluding hydrogens is 240 g/mol. The summed E-state index contributed by atoms with van der Waals surface area (Å²) < 4.78 is 30.0. The second-order valence-corrected chi connectivity index (χ2v) is 6.07. The largest absolute Gasteiger partial charge is 0.383 e. The van der Waals surface area contributed by atoms with Crippen LogP contribution >= 0.6 is 12.4 Å². The Kier molecular flexibility index (Phi) is 6.05. The summed E-state index contributed by atoms with van der Waals surface area (Å²) in [5.41, 5.74) is 5.66. The quantitative estimate of drug-likeness (QED) is 0.759. The van der Waals surface area contributed by atoms with Crippen LogP contribution in [-0.4, -0.2) is 50.8 Å². The Labute approximate surface area is 97.4 Å². The number of nitrogens with two attached hydrogens (primary N) is 1. The first-order valence-corrected chi connectivity index (χ1v) is 6.22. The summed E-state index contributed by atoms with van der Waals surface area (Å²) in [6, 6.07) is -0.0143. The molecule has 1 saturated heterocycles. The summed E-state index contributed by atoms with van der Waals surface area (Å²) in [6.45, 7) is 2.87. The van der Waals surface area contributed by atoms with Crippen molar-refractivity contribution in [2.45, 2.75) is 24.6 Å². The summed E-state index contributed by atoms with van der Waals surface area (Å²) in [5, 5.41) is -0.488. The lowest BCUT2D eigenvalue weighted by molar-refractivity contribution is 0.198. The topological polar surface area (TPSA) is 72.6 Å². The molecule has 0 amide bonds. The van der Waals surface area contributed by atoms with Gasteiger partial charge in [-0.05, 0) is 13.3 Å². The minimum Gasteiger partial charge on any atom is -0.383 e. The Morgan fingerprint density at radius 1 is 1.60 bits per heavy atom. The zero-order valence-corrected chi connectivity index (χ0v) is 10.7. The summed E-state index contributed by atoms with van der Waals surface area (Å²) in [5.74, 6) is 0. The van der Waals surface area contributed by atoms with Crippen molar-refractivity contribution in [3.8, 4) is 0 Å².